The monoisotopic (exact) mass is 210 g/mol. The van der Waals surface area contributed by atoms with E-state index in [1.807, 2.05) is 19.9 Å². The minimum atomic E-state index is 0. The summed E-state index contributed by atoms with van der Waals surface area (Å²) in [6.45, 7) is 16.4. The fourth-order valence-electron chi connectivity index (χ4n) is 1.20. The first-order valence-corrected chi connectivity index (χ1v) is 5.63. The molecule has 0 saturated carbocycles. The van der Waals surface area contributed by atoms with Gasteiger partial charge in [-0.3, -0.25) is 0 Å². The Morgan fingerprint density at radius 1 is 1.33 bits per heavy atom. The van der Waals surface area contributed by atoms with Crippen LogP contribution in [0, 0.1) is 5.92 Å². The van der Waals surface area contributed by atoms with E-state index in [1.54, 1.807) is 0 Å². The molecule has 0 aliphatic carbocycles. The van der Waals surface area contributed by atoms with Crippen molar-refractivity contribution in [3.63, 3.8) is 0 Å². The molecule has 0 aliphatic rings. The smallest absolute Gasteiger partial charge is 0.0191 e. The van der Waals surface area contributed by atoms with Crippen LogP contribution in [0.15, 0.2) is 36.0 Å². The summed E-state index contributed by atoms with van der Waals surface area (Å²) in [5.41, 5.74) is 2.71. The van der Waals surface area contributed by atoms with Crippen molar-refractivity contribution in [3.8, 4) is 0 Å². The van der Waals surface area contributed by atoms with Crippen molar-refractivity contribution in [1.29, 1.82) is 0 Å². The predicted octanol–water partition coefficient (Wildman–Crippen LogP) is 5.77. The highest BCUT2D eigenvalue weighted by Crippen LogP contribution is 2.20. The average Bonchev–Trinajstić information content (AvgIpc) is 2.26. The van der Waals surface area contributed by atoms with Crippen molar-refractivity contribution in [3.05, 3.63) is 36.0 Å². The van der Waals surface area contributed by atoms with Crippen LogP contribution in [0.3, 0.4) is 0 Å². The van der Waals surface area contributed by atoms with Crippen LogP contribution in [0.4, 0.5) is 0 Å². The lowest BCUT2D eigenvalue weighted by Crippen LogP contribution is -1.97. The van der Waals surface area contributed by atoms with E-state index in [0.29, 0.717) is 5.92 Å². The third-order valence-corrected chi connectivity index (χ3v) is 2.25. The number of hydrogen-bond acceptors (Lipinski definition) is 0. The Kier molecular flexibility index (Phi) is 17.4. The van der Waals surface area contributed by atoms with Gasteiger partial charge in [-0.05, 0) is 37.3 Å². The number of rotatable bonds is 4. The Hall–Kier alpha value is -0.780. The molecule has 0 fully saturated rings. The minimum Gasteiger partial charge on any atom is -0.0988 e. The molecule has 1 atom stereocenters. The first kappa shape index (κ1) is 19.7. The van der Waals surface area contributed by atoms with Crippen LogP contribution < -0.4 is 0 Å². The molecular weight excluding hydrogens is 180 g/mol. The first-order chi connectivity index (χ1) is 6.67. The molecule has 0 aromatic heterocycles. The lowest BCUT2D eigenvalue weighted by atomic mass is 9.94. The van der Waals surface area contributed by atoms with Gasteiger partial charge in [-0.25, -0.2) is 0 Å². The van der Waals surface area contributed by atoms with Crippen LogP contribution in [0.5, 0.6) is 0 Å². The SMILES string of the molecule is C.C=C/C(C)=C(\C=C/C)C(C)CC.CC. The molecule has 0 radical (unpaired) electrons. The maximum absolute atomic E-state index is 3.79. The van der Waals surface area contributed by atoms with E-state index in [2.05, 4.69) is 46.4 Å². The average molecular weight is 210 g/mol. The van der Waals surface area contributed by atoms with Gasteiger partial charge in [-0.2, -0.15) is 0 Å². The standard InChI is InChI=1S/C12H20.C2H6.CH4/c1-6-9-12(10(4)7-2)11(5)8-3;1-2;/h6-7,9,11H,2,8H2,1,3-5H3;1-2H3;1H4/b9-6-,12-10+;;. The highest BCUT2D eigenvalue weighted by Gasteiger charge is 2.04. The Balaban J connectivity index is -0.000000449. The molecule has 0 saturated heterocycles. The molecule has 0 nitrogen and oxygen atoms in total. The number of hydrogen-bond donors (Lipinski definition) is 0. The van der Waals surface area contributed by atoms with E-state index in [4.69, 9.17) is 0 Å². The molecule has 0 heterocycles. The molecule has 0 heteroatoms. The summed E-state index contributed by atoms with van der Waals surface area (Å²) in [6, 6.07) is 0. The largest absolute Gasteiger partial charge is 0.0988 e. The van der Waals surface area contributed by atoms with Gasteiger partial charge in [0.2, 0.25) is 0 Å². The highest BCUT2D eigenvalue weighted by molar-refractivity contribution is 5.32. The summed E-state index contributed by atoms with van der Waals surface area (Å²) in [4.78, 5) is 0. The molecule has 0 aliphatic heterocycles. The molecule has 0 bridgehead atoms. The molecular formula is C15H30. The van der Waals surface area contributed by atoms with Crippen LogP contribution in [0.1, 0.15) is 55.4 Å². The van der Waals surface area contributed by atoms with Gasteiger partial charge in [-0.1, -0.05) is 59.9 Å². The Bertz CT molecular complexity index is 194. The van der Waals surface area contributed by atoms with Crippen molar-refractivity contribution < 1.29 is 0 Å². The van der Waals surface area contributed by atoms with Crippen molar-refractivity contribution in [2.45, 2.75) is 55.4 Å². The maximum atomic E-state index is 3.79. The van der Waals surface area contributed by atoms with Crippen LogP contribution in [0.25, 0.3) is 0 Å². The maximum Gasteiger partial charge on any atom is -0.0191 e. The van der Waals surface area contributed by atoms with E-state index in [-0.39, 0.29) is 7.43 Å². The van der Waals surface area contributed by atoms with Crippen LogP contribution in [-0.4, -0.2) is 0 Å². The highest BCUT2D eigenvalue weighted by atomic mass is 14.1. The van der Waals surface area contributed by atoms with E-state index in [1.165, 1.54) is 17.6 Å². The molecule has 0 aromatic carbocycles. The third kappa shape index (κ3) is 8.23. The van der Waals surface area contributed by atoms with Crippen molar-refractivity contribution in [1.82, 2.24) is 0 Å². The van der Waals surface area contributed by atoms with Crippen LogP contribution >= 0.6 is 0 Å². The third-order valence-electron chi connectivity index (χ3n) is 2.25. The quantitative estimate of drug-likeness (QED) is 0.516. The second-order valence-electron chi connectivity index (χ2n) is 3.15. The van der Waals surface area contributed by atoms with E-state index >= 15 is 0 Å². The van der Waals surface area contributed by atoms with Crippen LogP contribution in [0.2, 0.25) is 0 Å². The first-order valence-electron chi connectivity index (χ1n) is 5.63. The molecule has 0 spiro atoms. The summed E-state index contributed by atoms with van der Waals surface area (Å²) in [6.07, 6.45) is 7.39. The van der Waals surface area contributed by atoms with Gasteiger partial charge in [-0.15, -0.1) is 0 Å². The Morgan fingerprint density at radius 2 is 1.80 bits per heavy atom. The van der Waals surface area contributed by atoms with Gasteiger partial charge in [0.15, 0.2) is 0 Å². The second-order valence-corrected chi connectivity index (χ2v) is 3.15. The molecule has 1 unspecified atom stereocenters. The molecule has 0 amide bonds. The van der Waals surface area contributed by atoms with E-state index < -0.39 is 0 Å². The normalized spacial score (nSPS) is 13.2. The number of allylic oxidation sites excluding steroid dienone is 5. The zero-order valence-corrected chi connectivity index (χ0v) is 10.7. The summed E-state index contributed by atoms with van der Waals surface area (Å²) in [5, 5.41) is 0. The van der Waals surface area contributed by atoms with Gasteiger partial charge < -0.3 is 0 Å². The van der Waals surface area contributed by atoms with E-state index in [9.17, 15) is 0 Å². The topological polar surface area (TPSA) is 0 Å². The predicted molar refractivity (Wildman–Crippen MR) is 75.2 cm³/mol. The van der Waals surface area contributed by atoms with Gasteiger partial charge in [0, 0.05) is 0 Å². The summed E-state index contributed by atoms with van der Waals surface area (Å²) >= 11 is 0. The summed E-state index contributed by atoms with van der Waals surface area (Å²) < 4.78 is 0. The summed E-state index contributed by atoms with van der Waals surface area (Å²) in [5.74, 6) is 0.638. The second kappa shape index (κ2) is 13.2. The van der Waals surface area contributed by atoms with Gasteiger partial charge in [0.1, 0.15) is 0 Å². The van der Waals surface area contributed by atoms with Gasteiger partial charge >= 0.3 is 0 Å². The van der Waals surface area contributed by atoms with Crippen molar-refractivity contribution in [2.75, 3.05) is 0 Å². The van der Waals surface area contributed by atoms with Gasteiger partial charge in [0.05, 0.1) is 0 Å². The fraction of sp³-hybridized carbons (Fsp3) is 0.600. The van der Waals surface area contributed by atoms with E-state index in [0.717, 1.165) is 0 Å². The molecule has 15 heavy (non-hydrogen) atoms. The zero-order valence-electron chi connectivity index (χ0n) is 10.7. The molecule has 0 N–H and O–H groups in total. The van der Waals surface area contributed by atoms with Crippen molar-refractivity contribution in [2.24, 2.45) is 5.92 Å². The molecule has 0 rings (SSSR count). The lowest BCUT2D eigenvalue weighted by molar-refractivity contribution is 0.665. The van der Waals surface area contributed by atoms with Crippen molar-refractivity contribution >= 4 is 0 Å². The zero-order chi connectivity index (χ0) is 11.6. The molecule has 0 aromatic rings. The Labute approximate surface area is 97.8 Å². The fourth-order valence-corrected chi connectivity index (χ4v) is 1.20. The van der Waals surface area contributed by atoms with Crippen LogP contribution in [-0.2, 0) is 0 Å². The lowest BCUT2D eigenvalue weighted by Gasteiger charge is -2.12. The van der Waals surface area contributed by atoms with Gasteiger partial charge in [0.25, 0.3) is 0 Å². The molecule has 90 valence electrons. The minimum absolute atomic E-state index is 0. The Morgan fingerprint density at radius 3 is 2.07 bits per heavy atom. The summed E-state index contributed by atoms with van der Waals surface area (Å²) in [7, 11) is 0.